The largest absolute Gasteiger partial charge is 0.442 e. The molecule has 2 fully saturated rings. The van der Waals surface area contributed by atoms with E-state index in [1.807, 2.05) is 0 Å². The van der Waals surface area contributed by atoms with E-state index in [1.165, 1.54) is 48.6 Å². The predicted molar refractivity (Wildman–Crippen MR) is 357 cm³/mol. The summed E-state index contributed by atoms with van der Waals surface area (Å²) in [4.78, 5) is 45.4. The normalized spacial score (nSPS) is 14.0. The second-order valence-electron chi connectivity index (χ2n) is 21.7. The fraction of sp³-hybridized carbons (Fsp3) is 0.108. The van der Waals surface area contributed by atoms with Crippen LogP contribution in [0, 0.1) is 70.7 Å². The molecule has 10 nitrogen and oxygen atoms in total. The molecule has 3 aliphatic rings. The van der Waals surface area contributed by atoms with Crippen molar-refractivity contribution in [2.45, 2.75) is 38.1 Å². The van der Waals surface area contributed by atoms with E-state index in [0.29, 0.717) is 79.3 Å². The molecular weight excluding hydrogens is 1330 g/mol. The quantitative estimate of drug-likeness (QED) is 0.0626. The molecule has 12 rings (SSSR count). The van der Waals surface area contributed by atoms with Crippen LogP contribution in [0.1, 0.15) is 81.8 Å². The topological polar surface area (TPSA) is 147 Å². The summed E-state index contributed by atoms with van der Waals surface area (Å²) in [6, 6.07) is 42.0. The number of aliphatic imine (C=N–C) groups is 1. The number of nitriles is 1. The Bertz CT molecular complexity index is 4620. The number of hydrogen-bond donors (Lipinski definition) is 2. The standard InChI is InChI=1S/C19H13ClF2N2O.C19H14ClF2NO2.2C18H12ClF2NO/c20-13-3-1-12(2-4-13)9-16(15-6-5-14(21)10-17(15)22)18(25)24-19(11-23)7-8-19;20-13-5-1-11(2-6-13)9-16(15-8-7-14(21)10-17(15)22)19(25)23-18(24)12-3-4-12;2*1-11-10-22-18(23-11)16(8-12-2-4-13(19)5-3-12)15-7-6-14(20)9-17(15)21/h1-6,9-10H,7-8H2,(H,24,25);1-2,5-10,12H,3-4H2,(H,23,24,25);2-10H,1H3;2-9H,1,10H2/b2*16-9+;2*16-8+. The molecule has 0 spiro atoms. The van der Waals surface area contributed by atoms with Gasteiger partial charge in [-0.2, -0.15) is 5.26 Å². The molecule has 22 heteroatoms. The van der Waals surface area contributed by atoms with E-state index in [-0.39, 0.29) is 57.0 Å². The molecule has 2 saturated carbocycles. The van der Waals surface area contributed by atoms with Crippen LogP contribution in [0.5, 0.6) is 0 Å². The number of carbonyl (C=O) groups is 3. The summed E-state index contributed by atoms with van der Waals surface area (Å²) in [6.07, 6.45) is 10.5. The molecule has 9 aromatic rings. The summed E-state index contributed by atoms with van der Waals surface area (Å²) in [6.45, 7) is 5.76. The third kappa shape index (κ3) is 19.5. The fourth-order valence-corrected chi connectivity index (χ4v) is 9.56. The Morgan fingerprint density at radius 2 is 0.917 bits per heavy atom. The van der Waals surface area contributed by atoms with Crippen molar-refractivity contribution < 1.29 is 58.7 Å². The van der Waals surface area contributed by atoms with Crippen LogP contribution in [0.15, 0.2) is 198 Å². The number of benzene rings is 8. The van der Waals surface area contributed by atoms with Gasteiger partial charge in [0, 0.05) is 83.7 Å². The number of aryl methyl sites for hydroxylation is 1. The van der Waals surface area contributed by atoms with Crippen LogP contribution in [-0.2, 0) is 19.1 Å². The zero-order valence-electron chi connectivity index (χ0n) is 50.3. The molecule has 3 amide bonds. The average molecular weight is 1380 g/mol. The average Bonchev–Trinajstić information content (AvgIpc) is 1.67. The zero-order chi connectivity index (χ0) is 68.8. The molecule has 486 valence electrons. The van der Waals surface area contributed by atoms with Crippen LogP contribution in [0.4, 0.5) is 35.1 Å². The number of ether oxygens (including phenoxy) is 1. The Morgan fingerprint density at radius 1 is 0.542 bits per heavy atom. The number of oxazole rings is 1. The SMILES string of the molecule is C=C1CN=C(/C(=C/c2ccc(Cl)cc2)c2ccc(F)cc2F)O1.Cc1cnc(/C(=C/c2ccc(Cl)cc2)c2ccc(F)cc2F)o1.N#CC1(NC(=O)/C(=C/c2ccc(Cl)cc2)c2ccc(F)cc2F)CC1.O=C(NC(=O)C1CC1)/C(=C/c1ccc(Cl)cc1)c1ccc(F)cc1F. The van der Waals surface area contributed by atoms with E-state index in [9.17, 15) is 49.5 Å². The Morgan fingerprint density at radius 3 is 1.26 bits per heavy atom. The molecule has 0 radical (unpaired) electrons. The second-order valence-corrected chi connectivity index (χ2v) is 23.5. The van der Waals surface area contributed by atoms with E-state index in [1.54, 1.807) is 122 Å². The first kappa shape index (κ1) is 70.2. The van der Waals surface area contributed by atoms with Crippen LogP contribution in [-0.4, -0.2) is 40.7 Å². The Kier molecular flexibility index (Phi) is 23.3. The maximum Gasteiger partial charge on any atom is 0.258 e. The first-order valence-electron chi connectivity index (χ1n) is 29.0. The van der Waals surface area contributed by atoms with Crippen molar-refractivity contribution >= 4 is 117 Å². The summed E-state index contributed by atoms with van der Waals surface area (Å²) in [7, 11) is 0. The molecule has 8 aromatic carbocycles. The molecule has 1 aliphatic heterocycles. The highest BCUT2D eigenvalue weighted by Gasteiger charge is 2.45. The highest BCUT2D eigenvalue weighted by atomic mass is 35.5. The van der Waals surface area contributed by atoms with Gasteiger partial charge >= 0.3 is 0 Å². The molecule has 96 heavy (non-hydrogen) atoms. The first-order chi connectivity index (χ1) is 45.9. The lowest BCUT2D eigenvalue weighted by atomic mass is 10.0. The number of aromatic nitrogens is 1. The number of nitrogens with zero attached hydrogens (tertiary/aromatic N) is 3. The fourth-order valence-electron chi connectivity index (χ4n) is 9.06. The van der Waals surface area contributed by atoms with Crippen LogP contribution >= 0.6 is 46.4 Å². The molecule has 2 heterocycles. The molecule has 0 saturated heterocycles. The smallest absolute Gasteiger partial charge is 0.258 e. The zero-order valence-corrected chi connectivity index (χ0v) is 53.3. The van der Waals surface area contributed by atoms with Crippen LogP contribution in [0.25, 0.3) is 46.6 Å². The lowest BCUT2D eigenvalue weighted by Gasteiger charge is -2.13. The number of rotatable bonds is 14. The van der Waals surface area contributed by atoms with Crippen molar-refractivity contribution in [2.24, 2.45) is 10.9 Å². The minimum absolute atomic E-state index is 0.0151. The minimum atomic E-state index is -0.896. The molecule has 0 bridgehead atoms. The minimum Gasteiger partial charge on any atom is -0.442 e. The van der Waals surface area contributed by atoms with E-state index >= 15 is 0 Å². The van der Waals surface area contributed by atoms with Crippen molar-refractivity contribution in [1.29, 1.82) is 5.26 Å². The van der Waals surface area contributed by atoms with Crippen molar-refractivity contribution in [3.63, 3.8) is 0 Å². The summed E-state index contributed by atoms with van der Waals surface area (Å²) in [5.41, 5.74) is 3.00. The van der Waals surface area contributed by atoms with Crippen LogP contribution < -0.4 is 10.6 Å². The highest BCUT2D eigenvalue weighted by molar-refractivity contribution is 6.32. The van der Waals surface area contributed by atoms with Crippen molar-refractivity contribution in [3.05, 3.63) is 311 Å². The van der Waals surface area contributed by atoms with E-state index in [2.05, 4.69) is 33.3 Å². The maximum absolute atomic E-state index is 14.2. The second kappa shape index (κ2) is 31.8. The number of halogens is 12. The Hall–Kier alpha value is -10.2. The van der Waals surface area contributed by atoms with Gasteiger partial charge in [-0.25, -0.2) is 45.1 Å². The van der Waals surface area contributed by atoms with E-state index < -0.39 is 63.9 Å². The Labute approximate surface area is 565 Å². The molecular formula is C74H51Cl4F8N5O5. The number of carbonyl (C=O) groups excluding carboxylic acids is 3. The van der Waals surface area contributed by atoms with Crippen molar-refractivity contribution in [2.75, 3.05) is 6.54 Å². The molecule has 0 unspecified atom stereocenters. The van der Waals surface area contributed by atoms with Gasteiger partial charge in [0.05, 0.1) is 23.4 Å². The van der Waals surface area contributed by atoms with Gasteiger partial charge in [0.25, 0.3) is 11.8 Å². The third-order valence-electron chi connectivity index (χ3n) is 14.3. The van der Waals surface area contributed by atoms with Gasteiger partial charge in [0.15, 0.2) is 0 Å². The molecule has 2 N–H and O–H groups in total. The molecule has 1 aromatic heterocycles. The molecule has 2 aliphatic carbocycles. The van der Waals surface area contributed by atoms with E-state index in [4.69, 9.17) is 60.8 Å². The number of imide groups is 1. The lowest BCUT2D eigenvalue weighted by Crippen LogP contribution is -2.36. The summed E-state index contributed by atoms with van der Waals surface area (Å²) in [5.74, 6) is -6.11. The van der Waals surface area contributed by atoms with Gasteiger partial charge in [-0.1, -0.05) is 102 Å². The lowest BCUT2D eigenvalue weighted by molar-refractivity contribution is -0.128. The number of hydrogen-bond acceptors (Lipinski definition) is 8. The van der Waals surface area contributed by atoms with Gasteiger partial charge in [-0.05, 0) is 176 Å². The van der Waals surface area contributed by atoms with Gasteiger partial charge in [-0.15, -0.1) is 0 Å². The maximum atomic E-state index is 14.2. The van der Waals surface area contributed by atoms with Gasteiger partial charge in [-0.3, -0.25) is 19.7 Å². The van der Waals surface area contributed by atoms with Gasteiger partial charge < -0.3 is 14.5 Å². The van der Waals surface area contributed by atoms with Crippen molar-refractivity contribution in [3.8, 4) is 6.07 Å². The number of amides is 3. The number of nitrogens with one attached hydrogen (secondary N) is 2. The third-order valence-corrected chi connectivity index (χ3v) is 15.3. The predicted octanol–water partition coefficient (Wildman–Crippen LogP) is 19.1. The Balaban J connectivity index is 0.000000150. The van der Waals surface area contributed by atoms with Crippen molar-refractivity contribution in [1.82, 2.24) is 15.6 Å². The first-order valence-corrected chi connectivity index (χ1v) is 30.6. The monoisotopic (exact) mass is 1380 g/mol. The summed E-state index contributed by atoms with van der Waals surface area (Å²) in [5, 5.41) is 16.3. The molecule has 0 atom stereocenters. The highest BCUT2D eigenvalue weighted by Crippen LogP contribution is 2.37. The van der Waals surface area contributed by atoms with Gasteiger partial charge in [0.2, 0.25) is 17.7 Å². The van der Waals surface area contributed by atoms with Crippen LogP contribution in [0.2, 0.25) is 20.1 Å². The van der Waals surface area contributed by atoms with E-state index in [0.717, 1.165) is 54.3 Å². The van der Waals surface area contributed by atoms with Gasteiger partial charge in [0.1, 0.15) is 70.1 Å². The summed E-state index contributed by atoms with van der Waals surface area (Å²) < 4.78 is 120. The van der Waals surface area contributed by atoms with Crippen LogP contribution in [0.3, 0.4) is 0 Å². The summed E-state index contributed by atoms with van der Waals surface area (Å²) >= 11 is 23.4.